The molecule has 1 heterocycles. The second kappa shape index (κ2) is 10.3. The number of para-hydroxylation sites is 1. The Hall–Kier alpha value is -3.32. The van der Waals surface area contributed by atoms with Crippen LogP contribution in [-0.2, 0) is 20.9 Å². The molecule has 3 rings (SSSR count). The number of halogens is 1. The molecule has 168 valence electrons. The van der Waals surface area contributed by atoms with E-state index in [-0.39, 0.29) is 35.5 Å². The van der Waals surface area contributed by atoms with Gasteiger partial charge in [0, 0.05) is 5.39 Å². The maximum Gasteiger partial charge on any atom is 0.374 e. The number of nitrogens with one attached hydrogen (secondary N) is 1. The van der Waals surface area contributed by atoms with E-state index in [0.717, 1.165) is 0 Å². The SMILES string of the molecule is CCOC(=O)c1oc2ccccc2c1COC(=O)C(NC(=O)c1ccccc1Cl)C(C)C. The Kier molecular flexibility index (Phi) is 7.53. The Bertz CT molecular complexity index is 1140. The molecule has 1 N–H and O–H groups in total. The van der Waals surface area contributed by atoms with Crippen LogP contribution in [0.2, 0.25) is 5.02 Å². The topological polar surface area (TPSA) is 94.8 Å². The molecule has 1 unspecified atom stereocenters. The minimum atomic E-state index is -0.914. The first-order chi connectivity index (χ1) is 15.3. The highest BCUT2D eigenvalue weighted by molar-refractivity contribution is 6.33. The number of amides is 1. The normalized spacial score (nSPS) is 11.9. The van der Waals surface area contributed by atoms with Crippen LogP contribution in [0.5, 0.6) is 0 Å². The summed E-state index contributed by atoms with van der Waals surface area (Å²) in [4.78, 5) is 37.8. The highest BCUT2D eigenvalue weighted by Crippen LogP contribution is 2.27. The molecule has 3 aromatic rings. The van der Waals surface area contributed by atoms with E-state index in [0.29, 0.717) is 16.5 Å². The Morgan fingerprint density at radius 1 is 1.03 bits per heavy atom. The fraction of sp³-hybridized carbons (Fsp3) is 0.292. The number of hydrogen-bond donors (Lipinski definition) is 1. The fourth-order valence-electron chi connectivity index (χ4n) is 3.20. The lowest BCUT2D eigenvalue weighted by Crippen LogP contribution is -2.45. The lowest BCUT2D eigenvalue weighted by molar-refractivity contribution is -0.148. The largest absolute Gasteiger partial charge is 0.460 e. The van der Waals surface area contributed by atoms with Crippen molar-refractivity contribution in [3.05, 3.63) is 70.4 Å². The van der Waals surface area contributed by atoms with Crippen molar-refractivity contribution in [2.45, 2.75) is 33.4 Å². The van der Waals surface area contributed by atoms with Gasteiger partial charge in [-0.3, -0.25) is 4.79 Å². The number of carbonyl (C=O) groups excluding carboxylic acids is 3. The third kappa shape index (κ3) is 5.11. The predicted octanol–water partition coefficient (Wildman–Crippen LogP) is 4.76. The van der Waals surface area contributed by atoms with E-state index in [1.54, 1.807) is 69.3 Å². The molecule has 0 saturated carbocycles. The van der Waals surface area contributed by atoms with E-state index in [9.17, 15) is 14.4 Å². The zero-order valence-corrected chi connectivity index (χ0v) is 18.8. The summed E-state index contributed by atoms with van der Waals surface area (Å²) >= 11 is 6.09. The summed E-state index contributed by atoms with van der Waals surface area (Å²) in [7, 11) is 0. The van der Waals surface area contributed by atoms with Crippen LogP contribution in [0.25, 0.3) is 11.0 Å². The van der Waals surface area contributed by atoms with Gasteiger partial charge in [0.2, 0.25) is 5.76 Å². The number of hydrogen-bond acceptors (Lipinski definition) is 6. The van der Waals surface area contributed by atoms with Crippen molar-refractivity contribution in [3.63, 3.8) is 0 Å². The van der Waals surface area contributed by atoms with E-state index in [4.69, 9.17) is 25.5 Å². The lowest BCUT2D eigenvalue weighted by atomic mass is 10.0. The number of carbonyl (C=O) groups is 3. The van der Waals surface area contributed by atoms with Crippen LogP contribution in [0.1, 0.15) is 47.2 Å². The number of fused-ring (bicyclic) bond motifs is 1. The van der Waals surface area contributed by atoms with E-state index in [2.05, 4.69) is 5.32 Å². The first kappa shape index (κ1) is 23.3. The Balaban J connectivity index is 1.79. The Morgan fingerprint density at radius 3 is 2.41 bits per heavy atom. The Labute approximate surface area is 190 Å². The third-order valence-corrected chi connectivity index (χ3v) is 5.17. The van der Waals surface area contributed by atoms with Crippen LogP contribution in [-0.4, -0.2) is 30.5 Å². The monoisotopic (exact) mass is 457 g/mol. The molecule has 0 saturated heterocycles. The highest BCUT2D eigenvalue weighted by atomic mass is 35.5. The minimum Gasteiger partial charge on any atom is -0.460 e. The number of benzene rings is 2. The van der Waals surface area contributed by atoms with Crippen molar-refractivity contribution >= 4 is 40.4 Å². The van der Waals surface area contributed by atoms with Crippen LogP contribution in [0, 0.1) is 5.92 Å². The van der Waals surface area contributed by atoms with Gasteiger partial charge in [-0.1, -0.05) is 55.8 Å². The van der Waals surface area contributed by atoms with Gasteiger partial charge in [-0.25, -0.2) is 9.59 Å². The summed E-state index contributed by atoms with van der Waals surface area (Å²) in [6, 6.07) is 12.7. The zero-order valence-electron chi connectivity index (χ0n) is 18.0. The molecule has 1 aromatic heterocycles. The fourth-order valence-corrected chi connectivity index (χ4v) is 3.42. The first-order valence-corrected chi connectivity index (χ1v) is 10.6. The van der Waals surface area contributed by atoms with E-state index in [1.807, 2.05) is 0 Å². The van der Waals surface area contributed by atoms with Crippen molar-refractivity contribution in [1.29, 1.82) is 0 Å². The lowest BCUT2D eigenvalue weighted by Gasteiger charge is -2.21. The molecule has 2 aromatic carbocycles. The molecular formula is C24H24ClNO6. The molecule has 8 heteroatoms. The van der Waals surface area contributed by atoms with Gasteiger partial charge >= 0.3 is 11.9 Å². The van der Waals surface area contributed by atoms with Gasteiger partial charge in [0.15, 0.2) is 0 Å². The maximum absolute atomic E-state index is 12.9. The molecule has 0 bridgehead atoms. The summed E-state index contributed by atoms with van der Waals surface area (Å²) < 4.78 is 16.2. The van der Waals surface area contributed by atoms with Crippen molar-refractivity contribution in [2.24, 2.45) is 5.92 Å². The van der Waals surface area contributed by atoms with Crippen molar-refractivity contribution in [2.75, 3.05) is 6.61 Å². The molecular weight excluding hydrogens is 434 g/mol. The first-order valence-electron chi connectivity index (χ1n) is 10.2. The van der Waals surface area contributed by atoms with E-state index < -0.39 is 23.9 Å². The van der Waals surface area contributed by atoms with Crippen LogP contribution >= 0.6 is 11.6 Å². The van der Waals surface area contributed by atoms with E-state index >= 15 is 0 Å². The van der Waals surface area contributed by atoms with Crippen molar-refractivity contribution in [1.82, 2.24) is 5.32 Å². The smallest absolute Gasteiger partial charge is 0.374 e. The van der Waals surface area contributed by atoms with Gasteiger partial charge in [-0.05, 0) is 31.0 Å². The van der Waals surface area contributed by atoms with Crippen molar-refractivity contribution < 1.29 is 28.3 Å². The van der Waals surface area contributed by atoms with Crippen LogP contribution < -0.4 is 5.32 Å². The average Bonchev–Trinajstić information content (AvgIpc) is 3.14. The van der Waals surface area contributed by atoms with Gasteiger partial charge in [-0.2, -0.15) is 0 Å². The summed E-state index contributed by atoms with van der Waals surface area (Å²) in [5, 5.41) is 3.61. The van der Waals surface area contributed by atoms with Gasteiger partial charge in [0.05, 0.1) is 22.8 Å². The molecule has 0 aliphatic heterocycles. The van der Waals surface area contributed by atoms with Gasteiger partial charge in [0.1, 0.15) is 18.2 Å². The van der Waals surface area contributed by atoms with E-state index in [1.165, 1.54) is 0 Å². The van der Waals surface area contributed by atoms with Gasteiger partial charge in [0.25, 0.3) is 5.91 Å². The van der Waals surface area contributed by atoms with Gasteiger partial charge < -0.3 is 19.2 Å². The van der Waals surface area contributed by atoms with Crippen LogP contribution in [0.4, 0.5) is 0 Å². The molecule has 7 nitrogen and oxygen atoms in total. The quantitative estimate of drug-likeness (QED) is 0.490. The molecule has 1 atom stereocenters. The van der Waals surface area contributed by atoms with Crippen LogP contribution in [0.3, 0.4) is 0 Å². The average molecular weight is 458 g/mol. The summed E-state index contributed by atoms with van der Waals surface area (Å²) in [6.45, 7) is 5.23. The molecule has 1 amide bonds. The number of esters is 2. The molecule has 0 radical (unpaired) electrons. The third-order valence-electron chi connectivity index (χ3n) is 4.84. The molecule has 0 aliphatic carbocycles. The summed E-state index contributed by atoms with van der Waals surface area (Å²) in [5.41, 5.74) is 1.15. The zero-order chi connectivity index (χ0) is 23.3. The molecule has 0 spiro atoms. The van der Waals surface area contributed by atoms with Gasteiger partial charge in [-0.15, -0.1) is 0 Å². The number of furan rings is 1. The number of ether oxygens (including phenoxy) is 2. The Morgan fingerprint density at radius 2 is 1.72 bits per heavy atom. The second-order valence-corrected chi connectivity index (χ2v) is 7.82. The van der Waals surface area contributed by atoms with Crippen LogP contribution in [0.15, 0.2) is 52.9 Å². The maximum atomic E-state index is 12.9. The molecule has 0 fully saturated rings. The summed E-state index contributed by atoms with van der Waals surface area (Å²) in [5.74, 6) is -2.02. The molecule has 0 aliphatic rings. The predicted molar refractivity (Wildman–Crippen MR) is 120 cm³/mol. The minimum absolute atomic E-state index is 0.0120. The standard InChI is InChI=1S/C24H24ClNO6/c1-4-30-24(29)21-17(15-9-6-8-12-19(15)32-21)13-31-23(28)20(14(2)3)26-22(27)16-10-5-7-11-18(16)25/h5-12,14,20H,4,13H2,1-3H3,(H,26,27). The second-order valence-electron chi connectivity index (χ2n) is 7.41. The number of rotatable bonds is 8. The highest BCUT2D eigenvalue weighted by Gasteiger charge is 2.29. The molecule has 32 heavy (non-hydrogen) atoms. The van der Waals surface area contributed by atoms with Crippen molar-refractivity contribution in [3.8, 4) is 0 Å². The summed E-state index contributed by atoms with van der Waals surface area (Å²) in [6.07, 6.45) is 0.